The highest BCUT2D eigenvalue weighted by molar-refractivity contribution is 5.82. The Kier molecular flexibility index (Phi) is 3.92. The number of hydrogen-bond donors (Lipinski definition) is 0. The van der Waals surface area contributed by atoms with Crippen molar-refractivity contribution in [2.75, 3.05) is 46.6 Å². The van der Waals surface area contributed by atoms with Gasteiger partial charge in [-0.05, 0) is 12.1 Å². The minimum Gasteiger partial charge on any atom is -0.493 e. The van der Waals surface area contributed by atoms with Crippen LogP contribution in [0.4, 0.5) is 0 Å². The molecule has 0 aromatic heterocycles. The van der Waals surface area contributed by atoms with Gasteiger partial charge in [-0.25, -0.2) is 0 Å². The minimum absolute atomic E-state index is 0.546. The van der Waals surface area contributed by atoms with E-state index in [0.29, 0.717) is 30.5 Å². The average molecular weight is 278 g/mol. The molecule has 1 aromatic rings. The minimum atomic E-state index is 0.546. The third kappa shape index (κ3) is 2.80. The molecule has 6 nitrogen and oxygen atoms in total. The monoisotopic (exact) mass is 278 g/mol. The Morgan fingerprint density at radius 2 is 1.95 bits per heavy atom. The van der Waals surface area contributed by atoms with Crippen molar-refractivity contribution in [1.29, 1.82) is 0 Å². The van der Waals surface area contributed by atoms with E-state index in [1.807, 2.05) is 23.4 Å². The first-order valence-electron chi connectivity index (χ1n) is 6.71. The Balaban J connectivity index is 1.80. The lowest BCUT2D eigenvalue weighted by molar-refractivity contribution is 0.0397. The Morgan fingerprint density at radius 3 is 2.75 bits per heavy atom. The first-order valence-corrected chi connectivity index (χ1v) is 6.71. The summed E-state index contributed by atoms with van der Waals surface area (Å²) in [5, 5.41) is 6.45. The highest BCUT2D eigenvalue weighted by atomic mass is 16.6. The number of hydrogen-bond acceptors (Lipinski definition) is 6. The van der Waals surface area contributed by atoms with Gasteiger partial charge in [-0.3, -0.25) is 5.01 Å². The van der Waals surface area contributed by atoms with Crippen LogP contribution >= 0.6 is 0 Å². The van der Waals surface area contributed by atoms with Crippen LogP contribution in [0, 0.1) is 0 Å². The molecule has 0 atom stereocenters. The second kappa shape index (κ2) is 6.00. The molecule has 2 aliphatic heterocycles. The van der Waals surface area contributed by atoms with E-state index in [-0.39, 0.29) is 0 Å². The molecule has 0 amide bonds. The van der Waals surface area contributed by atoms with Gasteiger partial charge in [0.15, 0.2) is 11.5 Å². The molecule has 1 saturated heterocycles. The fraction of sp³-hybridized carbons (Fsp3) is 0.500. The molecule has 3 rings (SSSR count). The predicted molar refractivity (Wildman–Crippen MR) is 74.0 cm³/mol. The van der Waals surface area contributed by atoms with E-state index in [1.165, 1.54) is 0 Å². The topological polar surface area (TPSA) is 52.5 Å². The van der Waals surface area contributed by atoms with E-state index in [9.17, 15) is 0 Å². The van der Waals surface area contributed by atoms with Crippen molar-refractivity contribution in [1.82, 2.24) is 5.01 Å². The lowest BCUT2D eigenvalue weighted by atomic mass is 10.2. The van der Waals surface area contributed by atoms with Crippen LogP contribution in [0.25, 0.3) is 0 Å². The van der Waals surface area contributed by atoms with Crippen LogP contribution in [0.15, 0.2) is 17.2 Å². The molecular formula is C14H18N2O4. The highest BCUT2D eigenvalue weighted by Crippen LogP contribution is 2.39. The smallest absolute Gasteiger partial charge is 0.203 e. The van der Waals surface area contributed by atoms with Crippen LogP contribution in [0.5, 0.6) is 17.2 Å². The van der Waals surface area contributed by atoms with Crippen LogP contribution in [0.2, 0.25) is 0 Å². The average Bonchev–Trinajstić information content (AvgIpc) is 2.53. The van der Waals surface area contributed by atoms with E-state index in [2.05, 4.69) is 5.10 Å². The molecule has 6 heteroatoms. The lowest BCUT2D eigenvalue weighted by Gasteiger charge is -2.24. The van der Waals surface area contributed by atoms with Gasteiger partial charge in [0.1, 0.15) is 13.2 Å². The molecule has 20 heavy (non-hydrogen) atoms. The SMILES string of the molecule is COc1cc(/C=N\N2CCOCC2)cc2c1OCCO2. The number of morpholine rings is 1. The zero-order valence-corrected chi connectivity index (χ0v) is 11.5. The lowest BCUT2D eigenvalue weighted by Crippen LogP contribution is -2.32. The van der Waals surface area contributed by atoms with Crippen molar-refractivity contribution in [2.24, 2.45) is 5.10 Å². The van der Waals surface area contributed by atoms with Gasteiger partial charge in [-0.15, -0.1) is 0 Å². The molecule has 1 aromatic carbocycles. The van der Waals surface area contributed by atoms with Gasteiger partial charge in [0.2, 0.25) is 5.75 Å². The summed E-state index contributed by atoms with van der Waals surface area (Å²) in [5.41, 5.74) is 0.928. The molecule has 0 bridgehead atoms. The van der Waals surface area contributed by atoms with Crippen molar-refractivity contribution in [3.63, 3.8) is 0 Å². The summed E-state index contributed by atoms with van der Waals surface area (Å²) in [4.78, 5) is 0. The fourth-order valence-electron chi connectivity index (χ4n) is 2.19. The number of hydrazone groups is 1. The van der Waals surface area contributed by atoms with E-state index < -0.39 is 0 Å². The molecule has 0 spiro atoms. The van der Waals surface area contributed by atoms with Gasteiger partial charge in [-0.1, -0.05) is 0 Å². The van der Waals surface area contributed by atoms with Crippen LogP contribution < -0.4 is 14.2 Å². The molecule has 0 N–H and O–H groups in total. The van der Waals surface area contributed by atoms with Crippen molar-refractivity contribution in [3.8, 4) is 17.2 Å². The number of nitrogens with zero attached hydrogens (tertiary/aromatic N) is 2. The molecule has 1 fully saturated rings. The zero-order chi connectivity index (χ0) is 13.8. The normalized spacial score (nSPS) is 18.4. The van der Waals surface area contributed by atoms with Crippen LogP contribution in [0.3, 0.4) is 0 Å². The second-order valence-electron chi connectivity index (χ2n) is 4.56. The first-order chi connectivity index (χ1) is 9.86. The quantitative estimate of drug-likeness (QED) is 0.776. The molecule has 0 radical (unpaired) electrons. The number of ether oxygens (including phenoxy) is 4. The zero-order valence-electron chi connectivity index (χ0n) is 11.5. The van der Waals surface area contributed by atoms with Crippen LogP contribution in [-0.2, 0) is 4.74 Å². The summed E-state index contributed by atoms with van der Waals surface area (Å²) in [5.74, 6) is 2.05. The first kappa shape index (κ1) is 13.1. The van der Waals surface area contributed by atoms with Gasteiger partial charge in [0.25, 0.3) is 0 Å². The molecule has 2 aliphatic rings. The molecular weight excluding hydrogens is 260 g/mol. The number of methoxy groups -OCH3 is 1. The number of rotatable bonds is 3. The largest absolute Gasteiger partial charge is 0.493 e. The van der Waals surface area contributed by atoms with Crippen molar-refractivity contribution < 1.29 is 18.9 Å². The maximum Gasteiger partial charge on any atom is 0.203 e. The van der Waals surface area contributed by atoms with Gasteiger partial charge in [0.05, 0.1) is 39.6 Å². The standard InChI is InChI=1S/C14H18N2O4/c1-17-12-8-11(9-13-14(12)20-7-6-19-13)10-15-16-2-4-18-5-3-16/h8-10H,2-7H2,1H3/b15-10-. The Bertz CT molecular complexity index is 481. The summed E-state index contributed by atoms with van der Waals surface area (Å²) in [6.45, 7) is 4.19. The third-order valence-corrected chi connectivity index (χ3v) is 3.21. The Hall–Kier alpha value is -1.95. The van der Waals surface area contributed by atoms with E-state index in [1.54, 1.807) is 7.11 Å². The van der Waals surface area contributed by atoms with Crippen LogP contribution in [0.1, 0.15) is 5.56 Å². The summed E-state index contributed by atoms with van der Waals surface area (Å²) >= 11 is 0. The Labute approximate surface area is 117 Å². The molecule has 0 aliphatic carbocycles. The Morgan fingerprint density at radius 1 is 1.15 bits per heavy atom. The van der Waals surface area contributed by atoms with Crippen molar-refractivity contribution in [2.45, 2.75) is 0 Å². The molecule has 0 unspecified atom stereocenters. The van der Waals surface area contributed by atoms with E-state index in [0.717, 1.165) is 31.9 Å². The summed E-state index contributed by atoms with van der Waals surface area (Å²) in [7, 11) is 1.62. The third-order valence-electron chi connectivity index (χ3n) is 3.21. The summed E-state index contributed by atoms with van der Waals surface area (Å²) in [6.07, 6.45) is 1.81. The van der Waals surface area contributed by atoms with E-state index >= 15 is 0 Å². The van der Waals surface area contributed by atoms with Crippen molar-refractivity contribution in [3.05, 3.63) is 17.7 Å². The highest BCUT2D eigenvalue weighted by Gasteiger charge is 2.18. The van der Waals surface area contributed by atoms with Crippen LogP contribution in [-0.4, -0.2) is 57.9 Å². The fourth-order valence-corrected chi connectivity index (χ4v) is 2.19. The summed E-state index contributed by atoms with van der Waals surface area (Å²) < 4.78 is 21.8. The number of fused-ring (bicyclic) bond motifs is 1. The number of benzene rings is 1. The predicted octanol–water partition coefficient (Wildman–Crippen LogP) is 1.13. The van der Waals surface area contributed by atoms with Gasteiger partial charge >= 0.3 is 0 Å². The van der Waals surface area contributed by atoms with Gasteiger partial charge in [-0.2, -0.15) is 5.10 Å². The maximum absolute atomic E-state index is 5.60. The van der Waals surface area contributed by atoms with Crippen molar-refractivity contribution >= 4 is 6.21 Å². The summed E-state index contributed by atoms with van der Waals surface area (Å²) in [6, 6.07) is 3.82. The second-order valence-corrected chi connectivity index (χ2v) is 4.56. The maximum atomic E-state index is 5.60. The molecule has 2 heterocycles. The molecule has 0 saturated carbocycles. The molecule has 108 valence electrons. The van der Waals surface area contributed by atoms with Gasteiger partial charge < -0.3 is 18.9 Å². The van der Waals surface area contributed by atoms with E-state index in [4.69, 9.17) is 18.9 Å². The van der Waals surface area contributed by atoms with Gasteiger partial charge in [0, 0.05) is 5.56 Å².